The molecule has 22 heavy (non-hydrogen) atoms. The van der Waals surface area contributed by atoms with E-state index in [1.165, 1.54) is 23.5 Å². The van der Waals surface area contributed by atoms with Gasteiger partial charge in [-0.3, -0.25) is 4.90 Å². The number of piperazine rings is 1. The number of hydrogen-bond acceptors (Lipinski definition) is 3. The Morgan fingerprint density at radius 3 is 2.45 bits per heavy atom. The predicted octanol–water partition coefficient (Wildman–Crippen LogP) is 4.10. The average Bonchev–Trinajstić information content (AvgIpc) is 2.89. The number of nitrogens with one attached hydrogen (secondary N) is 1. The lowest BCUT2D eigenvalue weighted by Crippen LogP contribution is -2.45. The summed E-state index contributed by atoms with van der Waals surface area (Å²) >= 11 is 7.47. The van der Waals surface area contributed by atoms with E-state index in [2.05, 4.69) is 10.2 Å². The molecule has 1 atom stereocenters. The SMILES string of the molecule is Cl.Fc1ccc([C@@H](c2ccc(Cl)s2)N2CCNCC2)c(F)c1. The van der Waals surface area contributed by atoms with Crippen molar-refractivity contribution >= 4 is 35.3 Å². The molecule has 1 saturated heterocycles. The summed E-state index contributed by atoms with van der Waals surface area (Å²) in [7, 11) is 0. The van der Waals surface area contributed by atoms with Crippen molar-refractivity contribution in [1.82, 2.24) is 10.2 Å². The van der Waals surface area contributed by atoms with Gasteiger partial charge in [0.05, 0.1) is 10.4 Å². The Hall–Kier alpha value is -0.720. The molecular weight excluding hydrogens is 349 g/mol. The topological polar surface area (TPSA) is 15.3 Å². The van der Waals surface area contributed by atoms with Gasteiger partial charge in [0, 0.05) is 42.7 Å². The van der Waals surface area contributed by atoms with E-state index in [9.17, 15) is 8.78 Å². The second-order valence-corrected chi connectivity index (χ2v) is 6.74. The van der Waals surface area contributed by atoms with Crippen LogP contribution in [0.25, 0.3) is 0 Å². The first-order valence-electron chi connectivity index (χ1n) is 6.80. The van der Waals surface area contributed by atoms with E-state index in [1.54, 1.807) is 0 Å². The lowest BCUT2D eigenvalue weighted by atomic mass is 10.0. The van der Waals surface area contributed by atoms with Crippen molar-refractivity contribution in [3.05, 3.63) is 56.7 Å². The molecule has 3 rings (SSSR count). The van der Waals surface area contributed by atoms with Crippen LogP contribution in [0.1, 0.15) is 16.5 Å². The van der Waals surface area contributed by atoms with Crippen molar-refractivity contribution in [2.24, 2.45) is 0 Å². The van der Waals surface area contributed by atoms with E-state index in [0.29, 0.717) is 9.90 Å². The minimum atomic E-state index is -0.556. The lowest BCUT2D eigenvalue weighted by molar-refractivity contribution is 0.197. The summed E-state index contributed by atoms with van der Waals surface area (Å²) in [4.78, 5) is 3.18. The Morgan fingerprint density at radius 1 is 1.14 bits per heavy atom. The quantitative estimate of drug-likeness (QED) is 0.881. The van der Waals surface area contributed by atoms with Crippen LogP contribution in [-0.2, 0) is 0 Å². The summed E-state index contributed by atoms with van der Waals surface area (Å²) in [5, 5.41) is 3.28. The fraction of sp³-hybridized carbons (Fsp3) is 0.333. The van der Waals surface area contributed by atoms with Gasteiger partial charge in [-0.1, -0.05) is 17.7 Å². The maximum atomic E-state index is 14.2. The third-order valence-electron chi connectivity index (χ3n) is 3.64. The summed E-state index contributed by atoms with van der Waals surface area (Å²) < 4.78 is 28.1. The molecule has 1 fully saturated rings. The van der Waals surface area contributed by atoms with Crippen LogP contribution in [0.2, 0.25) is 4.34 Å². The number of rotatable bonds is 3. The number of benzene rings is 1. The van der Waals surface area contributed by atoms with E-state index in [4.69, 9.17) is 11.6 Å². The molecule has 0 radical (unpaired) electrons. The first-order chi connectivity index (χ1) is 10.1. The van der Waals surface area contributed by atoms with Crippen LogP contribution in [-0.4, -0.2) is 31.1 Å². The van der Waals surface area contributed by atoms with Crippen LogP contribution < -0.4 is 5.32 Å². The Bertz CT molecular complexity index is 630. The number of nitrogens with zero attached hydrogens (tertiary/aromatic N) is 1. The van der Waals surface area contributed by atoms with Crippen molar-refractivity contribution in [3.8, 4) is 0 Å². The number of hydrogen-bond donors (Lipinski definition) is 1. The Labute approximate surface area is 143 Å². The molecular formula is C15H16Cl2F2N2S. The van der Waals surface area contributed by atoms with Crippen LogP contribution in [0, 0.1) is 11.6 Å². The molecule has 1 aliphatic heterocycles. The minimum absolute atomic E-state index is 0. The molecule has 1 aromatic heterocycles. The van der Waals surface area contributed by atoms with E-state index < -0.39 is 11.6 Å². The molecule has 1 N–H and O–H groups in total. The van der Waals surface area contributed by atoms with Gasteiger partial charge in [0.1, 0.15) is 11.6 Å². The van der Waals surface area contributed by atoms with E-state index in [0.717, 1.165) is 37.1 Å². The molecule has 2 nitrogen and oxygen atoms in total. The maximum Gasteiger partial charge on any atom is 0.131 e. The summed E-state index contributed by atoms with van der Waals surface area (Å²) in [5.41, 5.74) is 0.497. The molecule has 0 saturated carbocycles. The fourth-order valence-electron chi connectivity index (χ4n) is 2.67. The number of halogens is 4. The molecule has 0 bridgehead atoms. The third-order valence-corrected chi connectivity index (χ3v) is 4.92. The van der Waals surface area contributed by atoms with E-state index in [1.807, 2.05) is 12.1 Å². The summed E-state index contributed by atoms with van der Waals surface area (Å²) in [6.07, 6.45) is 0. The highest BCUT2D eigenvalue weighted by Crippen LogP contribution is 2.36. The summed E-state index contributed by atoms with van der Waals surface area (Å²) in [5.74, 6) is -1.07. The number of thiophene rings is 1. The normalized spacial score (nSPS) is 17.0. The van der Waals surface area contributed by atoms with E-state index in [-0.39, 0.29) is 18.4 Å². The van der Waals surface area contributed by atoms with Gasteiger partial charge in [-0.25, -0.2) is 8.78 Å². The maximum absolute atomic E-state index is 14.2. The molecule has 1 aliphatic rings. The molecule has 0 aliphatic carbocycles. The Balaban J connectivity index is 0.00000176. The van der Waals surface area contributed by atoms with Gasteiger partial charge in [-0.15, -0.1) is 23.7 Å². The smallest absolute Gasteiger partial charge is 0.131 e. The first kappa shape index (κ1) is 17.6. The molecule has 1 aromatic carbocycles. The molecule has 120 valence electrons. The van der Waals surface area contributed by atoms with Crippen LogP contribution >= 0.6 is 35.3 Å². The van der Waals surface area contributed by atoms with Crippen LogP contribution in [0.15, 0.2) is 30.3 Å². The minimum Gasteiger partial charge on any atom is -0.314 e. The van der Waals surface area contributed by atoms with Crippen molar-refractivity contribution < 1.29 is 8.78 Å². The monoisotopic (exact) mass is 364 g/mol. The predicted molar refractivity (Wildman–Crippen MR) is 89.2 cm³/mol. The standard InChI is InChI=1S/C15H15ClF2N2S.ClH/c16-14-4-3-13(21-14)15(20-7-5-19-6-8-20)11-2-1-10(17)9-12(11)18;/h1-4,9,15,19H,5-8H2;1H/t15-;/m0./s1. The van der Waals surface area contributed by atoms with Gasteiger partial charge in [-0.05, 0) is 18.2 Å². The highest BCUT2D eigenvalue weighted by molar-refractivity contribution is 7.16. The van der Waals surface area contributed by atoms with Crippen molar-refractivity contribution in [2.75, 3.05) is 26.2 Å². The summed E-state index contributed by atoms with van der Waals surface area (Å²) in [6, 6.07) is 7.30. The Kier molecular flexibility index (Phi) is 6.17. The zero-order chi connectivity index (χ0) is 14.8. The molecule has 2 aromatic rings. The van der Waals surface area contributed by atoms with Crippen LogP contribution in [0.4, 0.5) is 8.78 Å². The van der Waals surface area contributed by atoms with Gasteiger partial charge in [0.25, 0.3) is 0 Å². The zero-order valence-electron chi connectivity index (χ0n) is 11.7. The molecule has 0 spiro atoms. The van der Waals surface area contributed by atoms with Crippen molar-refractivity contribution in [3.63, 3.8) is 0 Å². The molecule has 7 heteroatoms. The Morgan fingerprint density at radius 2 is 1.86 bits per heavy atom. The average molecular weight is 365 g/mol. The highest BCUT2D eigenvalue weighted by Gasteiger charge is 2.27. The van der Waals surface area contributed by atoms with Gasteiger partial charge < -0.3 is 5.32 Å². The summed E-state index contributed by atoms with van der Waals surface area (Å²) in [6.45, 7) is 3.35. The van der Waals surface area contributed by atoms with E-state index >= 15 is 0 Å². The molecule has 0 unspecified atom stereocenters. The van der Waals surface area contributed by atoms with Gasteiger partial charge in [0.2, 0.25) is 0 Å². The highest BCUT2D eigenvalue weighted by atomic mass is 35.5. The van der Waals surface area contributed by atoms with Crippen molar-refractivity contribution in [2.45, 2.75) is 6.04 Å². The second kappa shape index (κ2) is 7.70. The van der Waals surface area contributed by atoms with Gasteiger partial charge in [0.15, 0.2) is 0 Å². The molecule has 0 amide bonds. The van der Waals surface area contributed by atoms with Gasteiger partial charge >= 0.3 is 0 Å². The largest absolute Gasteiger partial charge is 0.314 e. The van der Waals surface area contributed by atoms with Gasteiger partial charge in [-0.2, -0.15) is 0 Å². The van der Waals surface area contributed by atoms with Crippen molar-refractivity contribution in [1.29, 1.82) is 0 Å². The third kappa shape index (κ3) is 3.78. The molecule has 2 heterocycles. The second-order valence-electron chi connectivity index (χ2n) is 5.00. The van der Waals surface area contributed by atoms with Crippen LogP contribution in [0.3, 0.4) is 0 Å². The zero-order valence-corrected chi connectivity index (χ0v) is 14.1. The first-order valence-corrected chi connectivity index (χ1v) is 7.99. The lowest BCUT2D eigenvalue weighted by Gasteiger charge is -2.34. The van der Waals surface area contributed by atoms with Crippen LogP contribution in [0.5, 0.6) is 0 Å². The fourth-order valence-corrected chi connectivity index (χ4v) is 3.88.